The van der Waals surface area contributed by atoms with Crippen molar-refractivity contribution in [3.05, 3.63) is 24.4 Å². The van der Waals surface area contributed by atoms with Crippen LogP contribution in [-0.2, 0) is 7.05 Å². The van der Waals surface area contributed by atoms with Crippen LogP contribution < -0.4 is 9.92 Å². The van der Waals surface area contributed by atoms with E-state index in [9.17, 15) is 0 Å². The summed E-state index contributed by atoms with van der Waals surface area (Å²) in [6, 6.07) is 10.6. The zero-order valence-corrected chi connectivity index (χ0v) is 13.8. The van der Waals surface area contributed by atoms with E-state index in [-0.39, 0.29) is 0 Å². The van der Waals surface area contributed by atoms with Gasteiger partial charge in [0.1, 0.15) is 5.75 Å². The topological polar surface area (TPSA) is 14.2 Å². The molecule has 0 radical (unpaired) electrons. The van der Waals surface area contributed by atoms with Crippen LogP contribution in [0.1, 0.15) is 20.8 Å². The molecule has 104 valence electrons. The molecule has 0 fully saturated rings. The number of fused-ring (bicyclic) bond motifs is 1. The third-order valence-electron chi connectivity index (χ3n) is 4.81. The fourth-order valence-corrected chi connectivity index (χ4v) is 6.98. The second-order valence-electron chi connectivity index (χ2n) is 5.38. The molecule has 0 unspecified atom stereocenters. The summed E-state index contributed by atoms with van der Waals surface area (Å²) in [5.74, 6) is 1.09. The Kier molecular flexibility index (Phi) is 4.04. The molecule has 1 aromatic heterocycles. The first-order valence-electron chi connectivity index (χ1n) is 7.25. The molecule has 0 saturated carbocycles. The highest BCUT2D eigenvalue weighted by Gasteiger charge is 2.32. The van der Waals surface area contributed by atoms with Gasteiger partial charge in [0.25, 0.3) is 0 Å². The lowest BCUT2D eigenvalue weighted by Crippen LogP contribution is -2.46. The van der Waals surface area contributed by atoms with Gasteiger partial charge in [-0.25, -0.2) is 0 Å². The lowest BCUT2D eigenvalue weighted by atomic mass is 10.2. The molecule has 0 bridgehead atoms. The molecule has 0 amide bonds. The van der Waals surface area contributed by atoms with Crippen molar-refractivity contribution in [2.45, 2.75) is 38.9 Å². The average molecular weight is 275 g/mol. The van der Waals surface area contributed by atoms with Crippen molar-refractivity contribution >= 4 is 24.2 Å². The standard InChI is InChI=1S/C16H25NOSi/c1-6-19(7-2,8-3)16-12-14-13(9-10-17(14)4)11-15(16)18-5/h9-12H,6-8H2,1-5H3. The molecule has 0 aliphatic carbocycles. The SMILES string of the molecule is CC[Si](CC)(CC)c1cc2c(ccn2C)cc1OC. The van der Waals surface area contributed by atoms with Crippen LogP contribution in [0.4, 0.5) is 0 Å². The summed E-state index contributed by atoms with van der Waals surface area (Å²) >= 11 is 0. The van der Waals surface area contributed by atoms with E-state index in [4.69, 9.17) is 4.74 Å². The number of ether oxygens (including phenoxy) is 1. The van der Waals surface area contributed by atoms with Gasteiger partial charge in [-0.05, 0) is 23.4 Å². The van der Waals surface area contributed by atoms with Crippen LogP contribution in [0.3, 0.4) is 0 Å². The molecule has 3 heteroatoms. The van der Waals surface area contributed by atoms with Crippen LogP contribution in [0.25, 0.3) is 10.9 Å². The van der Waals surface area contributed by atoms with Crippen molar-refractivity contribution in [1.82, 2.24) is 4.57 Å². The number of hydrogen-bond donors (Lipinski definition) is 0. The first-order chi connectivity index (χ1) is 9.11. The van der Waals surface area contributed by atoms with E-state index >= 15 is 0 Å². The molecule has 0 spiro atoms. The van der Waals surface area contributed by atoms with Crippen LogP contribution in [-0.4, -0.2) is 19.8 Å². The number of aryl methyl sites for hydroxylation is 1. The van der Waals surface area contributed by atoms with Crippen LogP contribution >= 0.6 is 0 Å². The van der Waals surface area contributed by atoms with Gasteiger partial charge in [-0.15, -0.1) is 0 Å². The van der Waals surface area contributed by atoms with Crippen LogP contribution in [0, 0.1) is 0 Å². The number of nitrogens with zero attached hydrogens (tertiary/aromatic N) is 1. The van der Waals surface area contributed by atoms with Gasteiger partial charge in [0, 0.05) is 24.1 Å². The maximum absolute atomic E-state index is 5.70. The Hall–Kier alpha value is -1.22. The van der Waals surface area contributed by atoms with E-state index in [0.29, 0.717) is 0 Å². The van der Waals surface area contributed by atoms with Crippen molar-refractivity contribution < 1.29 is 4.74 Å². The molecule has 2 rings (SSSR count). The molecule has 19 heavy (non-hydrogen) atoms. The Labute approximate surface area is 117 Å². The largest absolute Gasteiger partial charge is 0.497 e. The van der Waals surface area contributed by atoms with Gasteiger partial charge < -0.3 is 9.30 Å². The highest BCUT2D eigenvalue weighted by Crippen LogP contribution is 2.28. The predicted octanol–water partition coefficient (Wildman–Crippen LogP) is 3.90. The molecular formula is C16H25NOSi. The predicted molar refractivity (Wildman–Crippen MR) is 86.3 cm³/mol. The van der Waals surface area contributed by atoms with Gasteiger partial charge in [-0.2, -0.15) is 0 Å². The molecule has 0 aliphatic heterocycles. The summed E-state index contributed by atoms with van der Waals surface area (Å²) < 4.78 is 7.91. The minimum Gasteiger partial charge on any atom is -0.497 e. The zero-order chi connectivity index (χ0) is 14.0. The van der Waals surface area contributed by atoms with Crippen molar-refractivity contribution in [1.29, 1.82) is 0 Å². The van der Waals surface area contributed by atoms with Gasteiger partial charge in [-0.3, -0.25) is 0 Å². The Bertz CT molecular complexity index is 561. The summed E-state index contributed by atoms with van der Waals surface area (Å²) in [6.45, 7) is 7.02. The van der Waals surface area contributed by atoms with E-state index in [2.05, 4.69) is 56.8 Å². The molecule has 1 aromatic carbocycles. The lowest BCUT2D eigenvalue weighted by molar-refractivity contribution is 0.418. The summed E-state index contributed by atoms with van der Waals surface area (Å²) in [4.78, 5) is 0. The quantitative estimate of drug-likeness (QED) is 0.755. The van der Waals surface area contributed by atoms with Crippen LogP contribution in [0.5, 0.6) is 5.75 Å². The maximum atomic E-state index is 5.70. The summed E-state index contributed by atoms with van der Waals surface area (Å²) in [5, 5.41) is 2.77. The smallest absolute Gasteiger partial charge is 0.118 e. The zero-order valence-electron chi connectivity index (χ0n) is 12.8. The normalized spacial score (nSPS) is 12.1. The fraction of sp³-hybridized carbons (Fsp3) is 0.500. The second-order valence-corrected chi connectivity index (χ2v) is 10.6. The Morgan fingerprint density at radius 1 is 1.11 bits per heavy atom. The molecular weight excluding hydrogens is 250 g/mol. The van der Waals surface area contributed by atoms with Crippen molar-refractivity contribution in [3.63, 3.8) is 0 Å². The summed E-state index contributed by atoms with van der Waals surface area (Å²) in [5.41, 5.74) is 1.32. The minimum atomic E-state index is -1.41. The highest BCUT2D eigenvalue weighted by atomic mass is 28.3. The Morgan fingerprint density at radius 3 is 2.26 bits per heavy atom. The molecule has 0 N–H and O–H groups in total. The van der Waals surface area contributed by atoms with E-state index < -0.39 is 8.07 Å². The van der Waals surface area contributed by atoms with Gasteiger partial charge in [-0.1, -0.05) is 38.9 Å². The number of benzene rings is 1. The van der Waals surface area contributed by atoms with Gasteiger partial charge in [0.2, 0.25) is 0 Å². The molecule has 0 aliphatic rings. The first-order valence-corrected chi connectivity index (χ1v) is 9.87. The minimum absolute atomic E-state index is 1.09. The number of methoxy groups -OCH3 is 1. The molecule has 2 aromatic rings. The third-order valence-corrected chi connectivity index (χ3v) is 10.4. The lowest BCUT2D eigenvalue weighted by Gasteiger charge is -2.30. The van der Waals surface area contributed by atoms with Crippen molar-refractivity contribution in [3.8, 4) is 5.75 Å². The Balaban J connectivity index is 2.72. The third kappa shape index (κ3) is 2.20. The summed E-state index contributed by atoms with van der Waals surface area (Å²) in [6.07, 6.45) is 2.13. The average Bonchev–Trinajstić information content (AvgIpc) is 2.81. The fourth-order valence-electron chi connectivity index (χ4n) is 3.20. The van der Waals surface area contributed by atoms with Gasteiger partial charge in [0.15, 0.2) is 0 Å². The molecule has 0 saturated heterocycles. The van der Waals surface area contributed by atoms with E-state index in [1.807, 2.05) is 0 Å². The highest BCUT2D eigenvalue weighted by molar-refractivity contribution is 6.92. The number of aromatic nitrogens is 1. The Morgan fingerprint density at radius 2 is 1.74 bits per heavy atom. The molecule has 1 heterocycles. The molecule has 0 atom stereocenters. The van der Waals surface area contributed by atoms with Crippen LogP contribution in [0.2, 0.25) is 18.1 Å². The number of rotatable bonds is 5. The first kappa shape index (κ1) is 14.2. The maximum Gasteiger partial charge on any atom is 0.118 e. The van der Waals surface area contributed by atoms with Crippen molar-refractivity contribution in [2.24, 2.45) is 7.05 Å². The van der Waals surface area contributed by atoms with Crippen LogP contribution in [0.15, 0.2) is 24.4 Å². The van der Waals surface area contributed by atoms with E-state index in [0.717, 1.165) is 5.75 Å². The monoisotopic (exact) mass is 275 g/mol. The van der Waals surface area contributed by atoms with Gasteiger partial charge in [0.05, 0.1) is 15.2 Å². The summed E-state index contributed by atoms with van der Waals surface area (Å²) in [7, 11) is 2.51. The van der Waals surface area contributed by atoms with Gasteiger partial charge >= 0.3 is 0 Å². The molecule has 2 nitrogen and oxygen atoms in total. The number of hydrogen-bond acceptors (Lipinski definition) is 1. The van der Waals surface area contributed by atoms with E-state index in [1.54, 1.807) is 7.11 Å². The second kappa shape index (κ2) is 5.41. The van der Waals surface area contributed by atoms with Crippen molar-refractivity contribution in [2.75, 3.05) is 7.11 Å². The van der Waals surface area contributed by atoms with E-state index in [1.165, 1.54) is 34.2 Å².